The van der Waals surface area contributed by atoms with Gasteiger partial charge in [0.05, 0.1) is 5.56 Å². The van der Waals surface area contributed by atoms with Crippen molar-refractivity contribution in [2.24, 2.45) is 0 Å². The van der Waals surface area contributed by atoms with Gasteiger partial charge < -0.3 is 15.1 Å². The maximum Gasteiger partial charge on any atom is 0.198 e. The Morgan fingerprint density at radius 2 is 1.57 bits per heavy atom. The Hall–Kier alpha value is -2.82. The molecule has 5 heteroatoms. The fourth-order valence-corrected chi connectivity index (χ4v) is 3.01. The minimum absolute atomic E-state index is 0.0386. The van der Waals surface area contributed by atoms with Gasteiger partial charge in [0.2, 0.25) is 0 Å². The van der Waals surface area contributed by atoms with E-state index < -0.39 is 5.78 Å². The maximum absolute atomic E-state index is 12.7. The van der Waals surface area contributed by atoms with Crippen LogP contribution in [0.5, 0.6) is 11.5 Å². The fraction of sp³-hybridized carbons (Fsp3) is 0.222. The van der Waals surface area contributed by atoms with Gasteiger partial charge in [-0.2, -0.15) is 0 Å². The van der Waals surface area contributed by atoms with E-state index in [0.717, 1.165) is 24.8 Å². The molecule has 2 aromatic rings. The molecule has 0 aliphatic heterocycles. The zero-order valence-corrected chi connectivity index (χ0v) is 13.0. The Balaban J connectivity index is 2.20. The molecule has 0 radical (unpaired) electrons. The number of hydrogen-bond donors (Lipinski definition) is 2. The van der Waals surface area contributed by atoms with Crippen LogP contribution in [-0.4, -0.2) is 34.9 Å². The molecule has 118 valence electrons. The monoisotopic (exact) mass is 311 g/mol. The third-order valence-corrected chi connectivity index (χ3v) is 4.19. The molecule has 23 heavy (non-hydrogen) atoms. The van der Waals surface area contributed by atoms with E-state index in [2.05, 4.69) is 4.90 Å². The highest BCUT2D eigenvalue weighted by Gasteiger charge is 2.33. The van der Waals surface area contributed by atoms with E-state index in [4.69, 9.17) is 0 Å². The van der Waals surface area contributed by atoms with E-state index in [0.29, 0.717) is 5.56 Å². The Morgan fingerprint density at radius 1 is 0.870 bits per heavy atom. The predicted molar refractivity (Wildman–Crippen MR) is 86.6 cm³/mol. The quantitative estimate of drug-likeness (QED) is 0.777. The van der Waals surface area contributed by atoms with Gasteiger partial charge in [-0.1, -0.05) is 0 Å². The molecule has 0 spiro atoms. The number of hydrogen-bond acceptors (Lipinski definition) is 5. The highest BCUT2D eigenvalue weighted by atomic mass is 16.3. The second-order valence-corrected chi connectivity index (χ2v) is 5.45. The van der Waals surface area contributed by atoms with Crippen molar-refractivity contribution in [3.8, 4) is 11.5 Å². The Labute approximate surface area is 133 Å². The molecule has 5 nitrogen and oxygen atoms in total. The van der Waals surface area contributed by atoms with Gasteiger partial charge in [-0.25, -0.2) is 0 Å². The van der Waals surface area contributed by atoms with Crippen LogP contribution < -0.4 is 4.90 Å². The number of phenolic OH excluding ortho intramolecular Hbond substituents is 2. The summed E-state index contributed by atoms with van der Waals surface area (Å²) in [6.45, 7) is 5.60. The standard InChI is InChI=1S/C18H17NO4/c1-3-19(4-2)10-5-6-12-13(7-10)17(22)14-8-11(20)9-15(21)16(14)18(12)23/h5-9,20-21H,3-4H2,1-2H3. The van der Waals surface area contributed by atoms with Crippen LogP contribution in [0.2, 0.25) is 0 Å². The average molecular weight is 311 g/mol. The number of carbonyl (C=O) groups is 2. The van der Waals surface area contributed by atoms with Gasteiger partial charge in [0.15, 0.2) is 11.6 Å². The second-order valence-electron chi connectivity index (χ2n) is 5.45. The van der Waals surface area contributed by atoms with Crippen molar-refractivity contribution in [2.45, 2.75) is 13.8 Å². The van der Waals surface area contributed by atoms with Crippen LogP contribution in [0.1, 0.15) is 45.7 Å². The normalized spacial score (nSPS) is 12.8. The van der Waals surface area contributed by atoms with Crippen molar-refractivity contribution in [1.82, 2.24) is 0 Å². The highest BCUT2D eigenvalue weighted by molar-refractivity contribution is 6.29. The molecule has 3 rings (SSSR count). The lowest BCUT2D eigenvalue weighted by molar-refractivity contribution is 0.0976. The number of rotatable bonds is 3. The van der Waals surface area contributed by atoms with Crippen molar-refractivity contribution in [2.75, 3.05) is 18.0 Å². The Morgan fingerprint density at radius 3 is 2.22 bits per heavy atom. The molecule has 0 saturated heterocycles. The lowest BCUT2D eigenvalue weighted by Gasteiger charge is -2.24. The molecule has 1 aliphatic rings. The SMILES string of the molecule is CCN(CC)c1ccc2c(c1)C(=O)c1cc(O)cc(O)c1C2=O. The molecule has 0 atom stereocenters. The van der Waals surface area contributed by atoms with Gasteiger partial charge in [-0.3, -0.25) is 9.59 Å². The first-order valence-electron chi connectivity index (χ1n) is 7.52. The number of benzene rings is 2. The number of anilines is 1. The minimum atomic E-state index is -0.404. The lowest BCUT2D eigenvalue weighted by Crippen LogP contribution is -2.25. The van der Waals surface area contributed by atoms with Crippen molar-refractivity contribution in [1.29, 1.82) is 0 Å². The van der Waals surface area contributed by atoms with Gasteiger partial charge >= 0.3 is 0 Å². The molecular weight excluding hydrogens is 294 g/mol. The summed E-state index contributed by atoms with van der Waals surface area (Å²) in [5.41, 5.74) is 1.44. The van der Waals surface area contributed by atoms with Crippen LogP contribution in [0.25, 0.3) is 0 Å². The second kappa shape index (κ2) is 5.43. The molecule has 0 unspecified atom stereocenters. The zero-order chi connectivity index (χ0) is 16.7. The minimum Gasteiger partial charge on any atom is -0.508 e. The van der Waals surface area contributed by atoms with Gasteiger partial charge in [0.25, 0.3) is 0 Å². The lowest BCUT2D eigenvalue weighted by atomic mass is 9.83. The molecule has 0 heterocycles. The number of phenols is 2. The molecule has 0 amide bonds. The number of aromatic hydroxyl groups is 2. The molecular formula is C18H17NO4. The van der Waals surface area contributed by atoms with Crippen LogP contribution in [0.4, 0.5) is 5.69 Å². The van der Waals surface area contributed by atoms with Crippen LogP contribution in [0.3, 0.4) is 0 Å². The molecule has 1 aliphatic carbocycles. The van der Waals surface area contributed by atoms with Crippen molar-refractivity contribution < 1.29 is 19.8 Å². The van der Waals surface area contributed by atoms with Gasteiger partial charge in [0, 0.05) is 41.5 Å². The van der Waals surface area contributed by atoms with E-state index in [1.54, 1.807) is 18.2 Å². The molecule has 0 aromatic heterocycles. The summed E-state index contributed by atoms with van der Waals surface area (Å²) in [7, 11) is 0. The molecule has 2 N–H and O–H groups in total. The third kappa shape index (κ3) is 2.25. The third-order valence-electron chi connectivity index (χ3n) is 4.19. The topological polar surface area (TPSA) is 77.8 Å². The van der Waals surface area contributed by atoms with E-state index in [1.807, 2.05) is 13.8 Å². The van der Waals surface area contributed by atoms with Gasteiger partial charge in [-0.15, -0.1) is 0 Å². The Kier molecular flexibility index (Phi) is 3.56. The first-order chi connectivity index (χ1) is 11.0. The number of carbonyl (C=O) groups excluding carboxylic acids is 2. The largest absolute Gasteiger partial charge is 0.508 e. The van der Waals surface area contributed by atoms with Crippen molar-refractivity contribution in [3.63, 3.8) is 0 Å². The van der Waals surface area contributed by atoms with Gasteiger partial charge in [-0.05, 0) is 38.1 Å². The van der Waals surface area contributed by atoms with E-state index in [9.17, 15) is 19.8 Å². The summed E-state index contributed by atoms with van der Waals surface area (Å²) in [6, 6.07) is 7.42. The first-order valence-corrected chi connectivity index (χ1v) is 7.52. The Bertz CT molecular complexity index is 822. The summed E-state index contributed by atoms with van der Waals surface area (Å²) in [4.78, 5) is 27.4. The first kappa shape index (κ1) is 15.1. The summed E-state index contributed by atoms with van der Waals surface area (Å²) >= 11 is 0. The van der Waals surface area contributed by atoms with E-state index >= 15 is 0 Å². The summed E-state index contributed by atoms with van der Waals surface area (Å²) in [5, 5.41) is 19.5. The maximum atomic E-state index is 12.7. The fourth-order valence-electron chi connectivity index (χ4n) is 3.01. The number of ketones is 2. The summed E-state index contributed by atoms with van der Waals surface area (Å²) in [6.07, 6.45) is 0. The highest BCUT2D eigenvalue weighted by Crippen LogP contribution is 2.36. The van der Waals surface area contributed by atoms with Crippen LogP contribution >= 0.6 is 0 Å². The van der Waals surface area contributed by atoms with E-state index in [1.165, 1.54) is 6.07 Å². The number of fused-ring (bicyclic) bond motifs is 2. The van der Waals surface area contributed by atoms with Gasteiger partial charge in [0.1, 0.15) is 11.5 Å². The van der Waals surface area contributed by atoms with E-state index in [-0.39, 0.29) is 34.0 Å². The predicted octanol–water partition coefficient (Wildman–Crippen LogP) is 2.72. The summed E-state index contributed by atoms with van der Waals surface area (Å²) in [5.74, 6) is -1.39. The van der Waals surface area contributed by atoms with Crippen LogP contribution in [0, 0.1) is 0 Å². The van der Waals surface area contributed by atoms with Crippen molar-refractivity contribution in [3.05, 3.63) is 52.6 Å². The smallest absolute Gasteiger partial charge is 0.198 e. The molecule has 0 bridgehead atoms. The molecule has 0 saturated carbocycles. The van der Waals surface area contributed by atoms with Crippen molar-refractivity contribution >= 4 is 17.3 Å². The number of nitrogens with zero attached hydrogens (tertiary/aromatic N) is 1. The average Bonchev–Trinajstić information content (AvgIpc) is 2.53. The zero-order valence-electron chi connectivity index (χ0n) is 13.0. The van der Waals surface area contributed by atoms with Crippen LogP contribution in [-0.2, 0) is 0 Å². The molecule has 0 fully saturated rings. The van der Waals surface area contributed by atoms with Crippen LogP contribution in [0.15, 0.2) is 30.3 Å². The summed E-state index contributed by atoms with van der Waals surface area (Å²) < 4.78 is 0. The molecule has 2 aromatic carbocycles.